The number of hydrazine groups is 1. The first-order valence-electron chi connectivity index (χ1n) is 6.19. The summed E-state index contributed by atoms with van der Waals surface area (Å²) in [5.74, 6) is 5.37. The Morgan fingerprint density at radius 3 is 2.60 bits per heavy atom. The Kier molecular flexibility index (Phi) is 3.99. The molecule has 1 aromatic rings. The molecule has 0 aliphatic carbocycles. The van der Waals surface area contributed by atoms with Crippen LogP contribution in [-0.2, 0) is 4.79 Å². The molecule has 1 fully saturated rings. The van der Waals surface area contributed by atoms with E-state index in [1.54, 1.807) is 4.90 Å². The first-order chi connectivity index (χ1) is 9.52. The second kappa shape index (κ2) is 5.70. The first kappa shape index (κ1) is 14.0. The number of aromatic nitrogens is 1. The molecule has 1 saturated heterocycles. The van der Waals surface area contributed by atoms with Crippen LogP contribution in [-0.4, -0.2) is 28.9 Å². The highest BCUT2D eigenvalue weighted by molar-refractivity contribution is 5.77. The molecule has 1 amide bonds. The molecular weight excluding hydrogens is 264 g/mol. The summed E-state index contributed by atoms with van der Waals surface area (Å²) < 4.78 is 0. The Morgan fingerprint density at radius 1 is 1.45 bits per heavy atom. The van der Waals surface area contributed by atoms with Crippen molar-refractivity contribution in [3.8, 4) is 0 Å². The van der Waals surface area contributed by atoms with Gasteiger partial charge in [-0.1, -0.05) is 0 Å². The lowest BCUT2D eigenvalue weighted by molar-refractivity contribution is -0.384. The van der Waals surface area contributed by atoms with E-state index in [-0.39, 0.29) is 23.3 Å². The van der Waals surface area contributed by atoms with Crippen LogP contribution >= 0.6 is 0 Å². The highest BCUT2D eigenvalue weighted by atomic mass is 16.6. The SMILES string of the molecule is NNc1ccc([N+](=O)[O-])c(N2CCC(C(N)=O)CC2)n1. The topological polar surface area (TPSA) is 140 Å². The number of nitrogens with zero attached hydrogens (tertiary/aromatic N) is 3. The second-order valence-corrected chi connectivity index (χ2v) is 4.60. The molecule has 0 saturated carbocycles. The lowest BCUT2D eigenvalue weighted by atomic mass is 9.96. The number of piperidine rings is 1. The van der Waals surface area contributed by atoms with Crippen molar-refractivity contribution in [2.45, 2.75) is 12.8 Å². The fourth-order valence-corrected chi connectivity index (χ4v) is 2.27. The molecule has 0 bridgehead atoms. The smallest absolute Gasteiger partial charge is 0.311 e. The van der Waals surface area contributed by atoms with Crippen LogP contribution in [0.4, 0.5) is 17.3 Å². The van der Waals surface area contributed by atoms with Crippen LogP contribution in [0.1, 0.15) is 12.8 Å². The number of nitrogens with one attached hydrogen (secondary N) is 1. The van der Waals surface area contributed by atoms with Gasteiger partial charge in [0, 0.05) is 25.1 Å². The number of nitrogen functional groups attached to an aromatic ring is 1. The van der Waals surface area contributed by atoms with Crippen molar-refractivity contribution in [3.05, 3.63) is 22.2 Å². The first-order valence-corrected chi connectivity index (χ1v) is 6.19. The minimum atomic E-state index is -0.483. The zero-order chi connectivity index (χ0) is 14.7. The molecular formula is C11H16N6O3. The van der Waals surface area contributed by atoms with Crippen molar-refractivity contribution in [2.75, 3.05) is 23.4 Å². The predicted octanol–water partition coefficient (Wildman–Crippen LogP) is -0.0229. The van der Waals surface area contributed by atoms with Crippen LogP contribution in [0.3, 0.4) is 0 Å². The van der Waals surface area contributed by atoms with Crippen molar-refractivity contribution >= 4 is 23.2 Å². The maximum Gasteiger partial charge on any atom is 0.311 e. The number of primary amides is 1. The summed E-state index contributed by atoms with van der Waals surface area (Å²) in [4.78, 5) is 27.6. The molecule has 20 heavy (non-hydrogen) atoms. The van der Waals surface area contributed by atoms with Gasteiger partial charge < -0.3 is 16.1 Å². The number of pyridine rings is 1. The van der Waals surface area contributed by atoms with Gasteiger partial charge in [0.25, 0.3) is 0 Å². The van der Waals surface area contributed by atoms with E-state index in [1.165, 1.54) is 12.1 Å². The van der Waals surface area contributed by atoms with Crippen molar-refractivity contribution in [1.29, 1.82) is 0 Å². The number of carbonyl (C=O) groups excluding carboxylic acids is 1. The van der Waals surface area contributed by atoms with Gasteiger partial charge in [0.1, 0.15) is 5.82 Å². The van der Waals surface area contributed by atoms with Gasteiger partial charge in [-0.25, -0.2) is 10.8 Å². The molecule has 5 N–H and O–H groups in total. The molecule has 2 heterocycles. The van der Waals surface area contributed by atoms with E-state index in [0.717, 1.165) is 0 Å². The van der Waals surface area contributed by atoms with Gasteiger partial charge >= 0.3 is 5.69 Å². The van der Waals surface area contributed by atoms with E-state index in [2.05, 4.69) is 10.4 Å². The van der Waals surface area contributed by atoms with E-state index in [4.69, 9.17) is 11.6 Å². The van der Waals surface area contributed by atoms with Gasteiger partial charge in [0.2, 0.25) is 11.7 Å². The number of amides is 1. The fourth-order valence-electron chi connectivity index (χ4n) is 2.27. The molecule has 0 unspecified atom stereocenters. The Morgan fingerprint density at radius 2 is 2.10 bits per heavy atom. The quantitative estimate of drug-likeness (QED) is 0.399. The third-order valence-corrected chi connectivity index (χ3v) is 3.40. The number of hydrogen-bond acceptors (Lipinski definition) is 7. The van der Waals surface area contributed by atoms with E-state index in [1.807, 2.05) is 0 Å². The number of carbonyl (C=O) groups is 1. The summed E-state index contributed by atoms with van der Waals surface area (Å²) in [5, 5.41) is 11.0. The van der Waals surface area contributed by atoms with Crippen molar-refractivity contribution in [1.82, 2.24) is 4.98 Å². The third-order valence-electron chi connectivity index (χ3n) is 3.40. The van der Waals surface area contributed by atoms with Gasteiger partial charge in [-0.3, -0.25) is 14.9 Å². The van der Waals surface area contributed by atoms with Crippen LogP contribution in [0.15, 0.2) is 12.1 Å². The minimum Gasteiger partial charge on any atom is -0.369 e. The van der Waals surface area contributed by atoms with E-state index >= 15 is 0 Å². The number of hydrogen-bond donors (Lipinski definition) is 3. The molecule has 0 radical (unpaired) electrons. The molecule has 1 aromatic heterocycles. The lowest BCUT2D eigenvalue weighted by Crippen LogP contribution is -2.39. The summed E-state index contributed by atoms with van der Waals surface area (Å²) in [6.07, 6.45) is 1.13. The molecule has 2 rings (SSSR count). The second-order valence-electron chi connectivity index (χ2n) is 4.60. The summed E-state index contributed by atoms with van der Waals surface area (Å²) in [5.41, 5.74) is 7.55. The summed E-state index contributed by atoms with van der Waals surface area (Å²) in [7, 11) is 0. The van der Waals surface area contributed by atoms with E-state index < -0.39 is 4.92 Å². The van der Waals surface area contributed by atoms with E-state index in [9.17, 15) is 14.9 Å². The normalized spacial score (nSPS) is 15.9. The minimum absolute atomic E-state index is 0.0819. The standard InChI is InChI=1S/C11H16N6O3/c12-10(18)7-3-5-16(6-4-7)11-8(17(19)20)1-2-9(14-11)15-13/h1-2,7H,3-6,13H2,(H2,12,18)(H,14,15). The zero-order valence-corrected chi connectivity index (χ0v) is 10.8. The Balaban J connectivity index is 2.23. The van der Waals surface area contributed by atoms with Gasteiger partial charge in [-0.05, 0) is 18.9 Å². The Labute approximate surface area is 115 Å². The zero-order valence-electron chi connectivity index (χ0n) is 10.8. The third kappa shape index (κ3) is 2.77. The van der Waals surface area contributed by atoms with Crippen molar-refractivity contribution < 1.29 is 9.72 Å². The number of anilines is 2. The van der Waals surface area contributed by atoms with E-state index in [0.29, 0.717) is 31.7 Å². The maximum absolute atomic E-state index is 11.1. The summed E-state index contributed by atoms with van der Waals surface area (Å²) in [6, 6.07) is 2.80. The summed E-state index contributed by atoms with van der Waals surface area (Å²) in [6.45, 7) is 0.991. The monoisotopic (exact) mass is 280 g/mol. The number of rotatable bonds is 4. The lowest BCUT2D eigenvalue weighted by Gasteiger charge is -2.31. The van der Waals surface area contributed by atoms with Crippen molar-refractivity contribution in [3.63, 3.8) is 0 Å². The van der Waals surface area contributed by atoms with Crippen LogP contribution in [0.25, 0.3) is 0 Å². The average Bonchev–Trinajstić information content (AvgIpc) is 2.46. The predicted molar refractivity (Wildman–Crippen MR) is 72.8 cm³/mol. The van der Waals surface area contributed by atoms with Gasteiger partial charge in [0.15, 0.2) is 0 Å². The highest BCUT2D eigenvalue weighted by Crippen LogP contribution is 2.30. The maximum atomic E-state index is 11.1. The summed E-state index contributed by atoms with van der Waals surface area (Å²) >= 11 is 0. The fraction of sp³-hybridized carbons (Fsp3) is 0.455. The van der Waals surface area contributed by atoms with Crippen LogP contribution in [0.2, 0.25) is 0 Å². The largest absolute Gasteiger partial charge is 0.369 e. The van der Waals surface area contributed by atoms with Crippen molar-refractivity contribution in [2.24, 2.45) is 17.5 Å². The molecule has 108 valence electrons. The molecule has 0 spiro atoms. The van der Waals surface area contributed by atoms with Crippen LogP contribution in [0, 0.1) is 16.0 Å². The number of nitro groups is 1. The van der Waals surface area contributed by atoms with Gasteiger partial charge in [0.05, 0.1) is 4.92 Å². The Hall–Kier alpha value is -2.42. The van der Waals surface area contributed by atoms with Gasteiger partial charge in [-0.15, -0.1) is 0 Å². The molecule has 1 aliphatic heterocycles. The average molecular weight is 280 g/mol. The molecule has 9 nitrogen and oxygen atoms in total. The van der Waals surface area contributed by atoms with Gasteiger partial charge in [-0.2, -0.15) is 0 Å². The molecule has 9 heteroatoms. The molecule has 1 aliphatic rings. The highest BCUT2D eigenvalue weighted by Gasteiger charge is 2.28. The molecule has 0 aromatic carbocycles. The Bertz CT molecular complexity index is 527. The number of nitrogens with two attached hydrogens (primary N) is 2. The molecule has 0 atom stereocenters. The van der Waals surface area contributed by atoms with Crippen LogP contribution in [0.5, 0.6) is 0 Å². The van der Waals surface area contributed by atoms with Crippen LogP contribution < -0.4 is 21.9 Å².